The van der Waals surface area contributed by atoms with Crippen molar-refractivity contribution in [1.29, 1.82) is 0 Å². The number of carboxylic acid groups (broad SMARTS) is 2. The van der Waals surface area contributed by atoms with E-state index in [9.17, 15) is 9.59 Å². The smallest absolute Gasteiger partial charge is 0.305 e. The molecule has 1 aliphatic rings. The van der Waals surface area contributed by atoms with Crippen molar-refractivity contribution >= 4 is 23.7 Å². The molecule has 0 aliphatic carbocycles. The van der Waals surface area contributed by atoms with Gasteiger partial charge in [0, 0.05) is 11.8 Å². The molecule has 2 atom stereocenters. The standard InChI is InChI=1S/C7H12N2O4S/c10-6(11)1-4-3-14-5(9-8-4)2-7(12)13/h4-5,8-9H,1-3H2,(H,10,11)(H,12,13). The maximum Gasteiger partial charge on any atom is 0.305 e. The summed E-state index contributed by atoms with van der Waals surface area (Å²) in [6, 6.07) is -0.137. The van der Waals surface area contributed by atoms with Gasteiger partial charge in [0.05, 0.1) is 18.2 Å². The number of rotatable bonds is 4. The molecule has 0 aromatic carbocycles. The van der Waals surface area contributed by atoms with Crippen molar-refractivity contribution in [2.24, 2.45) is 0 Å². The Kier molecular flexibility index (Phi) is 4.18. The zero-order valence-electron chi connectivity index (χ0n) is 7.40. The fraction of sp³-hybridized carbons (Fsp3) is 0.714. The van der Waals surface area contributed by atoms with Crippen LogP contribution in [0.2, 0.25) is 0 Å². The number of hydrogen-bond acceptors (Lipinski definition) is 5. The first-order valence-electron chi connectivity index (χ1n) is 4.14. The van der Waals surface area contributed by atoms with Crippen LogP contribution in [0, 0.1) is 0 Å². The summed E-state index contributed by atoms with van der Waals surface area (Å²) < 4.78 is 0. The lowest BCUT2D eigenvalue weighted by Gasteiger charge is -2.28. The van der Waals surface area contributed by atoms with Crippen LogP contribution in [-0.2, 0) is 9.59 Å². The molecule has 7 heteroatoms. The maximum atomic E-state index is 10.4. The second-order valence-electron chi connectivity index (χ2n) is 3.00. The van der Waals surface area contributed by atoms with Gasteiger partial charge in [-0.1, -0.05) is 0 Å². The molecule has 0 amide bonds. The van der Waals surface area contributed by atoms with Gasteiger partial charge in [-0.2, -0.15) is 0 Å². The quantitative estimate of drug-likeness (QED) is 0.505. The average molecular weight is 220 g/mol. The van der Waals surface area contributed by atoms with Crippen LogP contribution in [0.3, 0.4) is 0 Å². The molecule has 1 rings (SSSR count). The zero-order chi connectivity index (χ0) is 10.6. The largest absolute Gasteiger partial charge is 0.481 e. The molecule has 0 radical (unpaired) electrons. The average Bonchev–Trinajstić information content (AvgIpc) is 2.06. The molecule has 0 aromatic heterocycles. The molecule has 1 aliphatic heterocycles. The van der Waals surface area contributed by atoms with Gasteiger partial charge in [0.1, 0.15) is 0 Å². The summed E-state index contributed by atoms with van der Waals surface area (Å²) in [4.78, 5) is 20.7. The van der Waals surface area contributed by atoms with E-state index in [4.69, 9.17) is 10.2 Å². The summed E-state index contributed by atoms with van der Waals surface area (Å²) in [5.41, 5.74) is 5.57. The molecular formula is C7H12N2O4S. The van der Waals surface area contributed by atoms with Gasteiger partial charge in [0.25, 0.3) is 0 Å². The van der Waals surface area contributed by atoms with E-state index in [1.165, 1.54) is 11.8 Å². The lowest BCUT2D eigenvalue weighted by molar-refractivity contribution is -0.138. The van der Waals surface area contributed by atoms with Crippen molar-refractivity contribution in [2.45, 2.75) is 24.3 Å². The molecule has 1 saturated heterocycles. The summed E-state index contributed by atoms with van der Waals surface area (Å²) in [6.45, 7) is 0. The summed E-state index contributed by atoms with van der Waals surface area (Å²) in [6.07, 6.45) is 0.0667. The Balaban J connectivity index is 2.24. The molecule has 4 N–H and O–H groups in total. The molecule has 0 aromatic rings. The minimum atomic E-state index is -0.867. The third kappa shape index (κ3) is 3.95. The highest BCUT2D eigenvalue weighted by Crippen LogP contribution is 2.17. The van der Waals surface area contributed by atoms with Crippen molar-refractivity contribution in [1.82, 2.24) is 10.9 Å². The van der Waals surface area contributed by atoms with Crippen molar-refractivity contribution in [2.75, 3.05) is 5.75 Å². The third-order valence-electron chi connectivity index (χ3n) is 1.73. The van der Waals surface area contributed by atoms with E-state index in [2.05, 4.69) is 10.9 Å². The second-order valence-corrected chi connectivity index (χ2v) is 4.24. The van der Waals surface area contributed by atoms with Crippen LogP contribution >= 0.6 is 11.8 Å². The van der Waals surface area contributed by atoms with Gasteiger partial charge in [-0.3, -0.25) is 15.0 Å². The summed E-state index contributed by atoms with van der Waals surface area (Å²) in [7, 11) is 0. The number of aliphatic carboxylic acids is 2. The molecule has 80 valence electrons. The van der Waals surface area contributed by atoms with Crippen molar-refractivity contribution in [3.05, 3.63) is 0 Å². The lowest BCUT2D eigenvalue weighted by atomic mass is 10.2. The summed E-state index contributed by atoms with van der Waals surface area (Å²) in [5, 5.41) is 16.8. The fourth-order valence-corrected chi connectivity index (χ4v) is 2.19. The Morgan fingerprint density at radius 1 is 1.21 bits per heavy atom. The zero-order valence-corrected chi connectivity index (χ0v) is 8.21. The Morgan fingerprint density at radius 2 is 1.86 bits per heavy atom. The van der Waals surface area contributed by atoms with E-state index in [-0.39, 0.29) is 24.3 Å². The predicted molar refractivity (Wildman–Crippen MR) is 50.8 cm³/mol. The number of nitrogens with one attached hydrogen (secondary N) is 2. The molecule has 1 heterocycles. The number of thioether (sulfide) groups is 1. The third-order valence-corrected chi connectivity index (χ3v) is 3.01. The minimum Gasteiger partial charge on any atom is -0.481 e. The molecular weight excluding hydrogens is 208 g/mol. The first-order chi connectivity index (χ1) is 6.58. The van der Waals surface area contributed by atoms with Gasteiger partial charge in [0.15, 0.2) is 0 Å². The van der Waals surface area contributed by atoms with Gasteiger partial charge in [-0.25, -0.2) is 5.43 Å². The van der Waals surface area contributed by atoms with Crippen LogP contribution in [0.1, 0.15) is 12.8 Å². The van der Waals surface area contributed by atoms with Gasteiger partial charge in [0.2, 0.25) is 0 Å². The topological polar surface area (TPSA) is 98.7 Å². The van der Waals surface area contributed by atoms with Gasteiger partial charge < -0.3 is 10.2 Å². The minimum absolute atomic E-state index is 0.0253. The lowest BCUT2D eigenvalue weighted by Crippen LogP contribution is -2.52. The summed E-state index contributed by atoms with van der Waals surface area (Å²) >= 11 is 1.42. The Bertz CT molecular complexity index is 204. The fourth-order valence-electron chi connectivity index (χ4n) is 1.12. The second kappa shape index (κ2) is 5.18. The monoisotopic (exact) mass is 220 g/mol. The molecule has 0 saturated carbocycles. The van der Waals surface area contributed by atoms with Crippen LogP contribution in [0.5, 0.6) is 0 Å². The van der Waals surface area contributed by atoms with Crippen LogP contribution < -0.4 is 10.9 Å². The summed E-state index contributed by atoms with van der Waals surface area (Å²) in [5.74, 6) is -1.12. The van der Waals surface area contributed by atoms with Crippen molar-refractivity contribution < 1.29 is 19.8 Å². The maximum absolute atomic E-state index is 10.4. The number of carboxylic acids is 2. The Hall–Kier alpha value is -0.790. The van der Waals surface area contributed by atoms with Crippen molar-refractivity contribution in [3.8, 4) is 0 Å². The van der Waals surface area contributed by atoms with Gasteiger partial charge in [-0.15, -0.1) is 11.8 Å². The number of hydrazine groups is 1. The first kappa shape index (κ1) is 11.3. The predicted octanol–water partition coefficient (Wildman–Crippen LogP) is -0.528. The van der Waals surface area contributed by atoms with E-state index in [0.29, 0.717) is 5.75 Å². The molecule has 0 spiro atoms. The van der Waals surface area contributed by atoms with E-state index in [0.717, 1.165) is 0 Å². The Morgan fingerprint density at radius 3 is 2.29 bits per heavy atom. The molecule has 0 bridgehead atoms. The van der Waals surface area contributed by atoms with Crippen LogP contribution in [0.15, 0.2) is 0 Å². The van der Waals surface area contributed by atoms with E-state index in [1.807, 2.05) is 0 Å². The Labute approximate surface area is 85.0 Å². The highest BCUT2D eigenvalue weighted by molar-refractivity contribution is 7.99. The van der Waals surface area contributed by atoms with Crippen LogP contribution in [0.4, 0.5) is 0 Å². The highest BCUT2D eigenvalue weighted by Gasteiger charge is 2.23. The van der Waals surface area contributed by atoms with E-state index < -0.39 is 11.9 Å². The molecule has 14 heavy (non-hydrogen) atoms. The molecule has 1 fully saturated rings. The van der Waals surface area contributed by atoms with Gasteiger partial charge in [-0.05, 0) is 0 Å². The molecule has 2 unspecified atom stereocenters. The van der Waals surface area contributed by atoms with E-state index in [1.54, 1.807) is 0 Å². The number of hydrogen-bond donors (Lipinski definition) is 4. The highest BCUT2D eigenvalue weighted by atomic mass is 32.2. The SMILES string of the molecule is O=C(O)CC1CSC(CC(=O)O)NN1. The normalized spacial score (nSPS) is 27.1. The van der Waals surface area contributed by atoms with Crippen molar-refractivity contribution in [3.63, 3.8) is 0 Å². The molecule has 6 nitrogen and oxygen atoms in total. The van der Waals surface area contributed by atoms with Gasteiger partial charge >= 0.3 is 11.9 Å². The van der Waals surface area contributed by atoms with E-state index >= 15 is 0 Å². The first-order valence-corrected chi connectivity index (χ1v) is 5.19. The number of carbonyl (C=O) groups is 2. The van der Waals surface area contributed by atoms with Crippen LogP contribution in [0.25, 0.3) is 0 Å². The van der Waals surface area contributed by atoms with Crippen LogP contribution in [-0.4, -0.2) is 39.3 Å².